The highest BCUT2D eigenvalue weighted by Gasteiger charge is 2.17. The van der Waals surface area contributed by atoms with E-state index in [0.29, 0.717) is 0 Å². The number of para-hydroxylation sites is 1. The predicted molar refractivity (Wildman–Crippen MR) is 199 cm³/mol. The highest BCUT2D eigenvalue weighted by Crippen LogP contribution is 2.43. The molecule has 10 aromatic rings. The van der Waals surface area contributed by atoms with E-state index in [1.165, 1.54) is 37.7 Å². The molecule has 0 radical (unpaired) electrons. The van der Waals surface area contributed by atoms with Crippen molar-refractivity contribution in [1.29, 1.82) is 0 Å². The predicted octanol–water partition coefficient (Wildman–Crippen LogP) is 11.2. The molecule has 0 amide bonds. The van der Waals surface area contributed by atoms with Crippen LogP contribution in [0.15, 0.2) is 158 Å². The van der Waals surface area contributed by atoms with E-state index in [1.54, 1.807) is 0 Å². The van der Waals surface area contributed by atoms with Crippen LogP contribution in [0.3, 0.4) is 0 Å². The molecule has 4 nitrogen and oxygen atoms in total. The SMILES string of the molecule is c1cnc2c(c1)ccc1c(-c3ccc(-c4ccc(-c5nc6ccccc6c6c7ccccc7c7ccccc7c56)cc4)nc3)ccnc12. The average Bonchev–Trinajstić information content (AvgIpc) is 3.17. The van der Waals surface area contributed by atoms with Crippen LogP contribution in [0, 0.1) is 0 Å². The zero-order valence-electron chi connectivity index (χ0n) is 25.8. The summed E-state index contributed by atoms with van der Waals surface area (Å²) in [5.41, 5.74) is 9.00. The van der Waals surface area contributed by atoms with Crippen LogP contribution in [0.4, 0.5) is 0 Å². The van der Waals surface area contributed by atoms with Gasteiger partial charge in [-0.1, -0.05) is 115 Å². The second kappa shape index (κ2) is 10.5. The van der Waals surface area contributed by atoms with E-state index in [9.17, 15) is 0 Å². The van der Waals surface area contributed by atoms with Gasteiger partial charge in [-0.25, -0.2) is 4.98 Å². The molecule has 0 saturated heterocycles. The molecule has 0 aliphatic carbocycles. The lowest BCUT2D eigenvalue weighted by Gasteiger charge is -2.16. The van der Waals surface area contributed by atoms with Crippen LogP contribution in [0.25, 0.3) is 98.7 Å². The summed E-state index contributed by atoms with van der Waals surface area (Å²) in [7, 11) is 0. The number of aromatic nitrogens is 4. The van der Waals surface area contributed by atoms with Gasteiger partial charge in [-0.15, -0.1) is 0 Å². The molecule has 0 aliphatic heterocycles. The van der Waals surface area contributed by atoms with Crippen molar-refractivity contribution in [2.45, 2.75) is 0 Å². The summed E-state index contributed by atoms with van der Waals surface area (Å²) in [6.07, 6.45) is 5.63. The molecule has 48 heavy (non-hydrogen) atoms. The van der Waals surface area contributed by atoms with Gasteiger partial charge in [0, 0.05) is 62.2 Å². The van der Waals surface area contributed by atoms with E-state index in [1.807, 2.05) is 24.7 Å². The highest BCUT2D eigenvalue weighted by molar-refractivity contribution is 6.33. The van der Waals surface area contributed by atoms with Crippen molar-refractivity contribution in [3.63, 3.8) is 0 Å². The van der Waals surface area contributed by atoms with E-state index in [4.69, 9.17) is 9.97 Å². The Morgan fingerprint density at radius 2 is 1.04 bits per heavy atom. The molecule has 0 aliphatic rings. The quantitative estimate of drug-likeness (QED) is 0.187. The van der Waals surface area contributed by atoms with E-state index < -0.39 is 0 Å². The number of pyridine rings is 4. The summed E-state index contributed by atoms with van der Waals surface area (Å²) in [6.45, 7) is 0. The summed E-state index contributed by atoms with van der Waals surface area (Å²) < 4.78 is 0. The van der Waals surface area contributed by atoms with Crippen LogP contribution in [0.5, 0.6) is 0 Å². The third kappa shape index (κ3) is 4.03. The van der Waals surface area contributed by atoms with Crippen molar-refractivity contribution >= 4 is 65.0 Å². The number of nitrogens with zero attached hydrogens (tertiary/aromatic N) is 4. The fourth-order valence-corrected chi connectivity index (χ4v) is 7.36. The van der Waals surface area contributed by atoms with Gasteiger partial charge in [0.2, 0.25) is 0 Å². The fraction of sp³-hybridized carbons (Fsp3) is 0. The van der Waals surface area contributed by atoms with Crippen molar-refractivity contribution in [1.82, 2.24) is 19.9 Å². The first-order valence-corrected chi connectivity index (χ1v) is 16.1. The first kappa shape index (κ1) is 26.7. The number of hydrogen-bond donors (Lipinski definition) is 0. The normalized spacial score (nSPS) is 11.8. The Bertz CT molecular complexity index is 2880. The number of rotatable bonds is 3. The van der Waals surface area contributed by atoms with E-state index in [0.717, 1.165) is 61.0 Å². The van der Waals surface area contributed by atoms with Gasteiger partial charge in [0.05, 0.1) is 27.9 Å². The van der Waals surface area contributed by atoms with Crippen LogP contribution in [-0.4, -0.2) is 19.9 Å². The van der Waals surface area contributed by atoms with Gasteiger partial charge < -0.3 is 0 Å². The fourth-order valence-electron chi connectivity index (χ4n) is 7.36. The van der Waals surface area contributed by atoms with Crippen LogP contribution >= 0.6 is 0 Å². The molecule has 0 N–H and O–H groups in total. The molecule has 0 spiro atoms. The molecule has 4 heterocycles. The van der Waals surface area contributed by atoms with Crippen molar-refractivity contribution < 1.29 is 0 Å². The number of hydrogen-bond acceptors (Lipinski definition) is 4. The lowest BCUT2D eigenvalue weighted by Crippen LogP contribution is -1.93. The molecule has 0 bridgehead atoms. The minimum atomic E-state index is 0.904. The largest absolute Gasteiger partial charge is 0.256 e. The lowest BCUT2D eigenvalue weighted by molar-refractivity contribution is 1.32. The van der Waals surface area contributed by atoms with Gasteiger partial charge in [-0.05, 0) is 51.4 Å². The molecular weight excluding hydrogens is 585 g/mol. The molecule has 0 unspecified atom stereocenters. The standard InChI is InChI=1S/C44H26N4/c1-3-11-34-32(9-1)33-10-2-4-12-35(33)41-40(34)37-13-5-6-14-39(37)48-42(41)29-17-15-27(16-18-29)38-22-20-30(26-47-38)31-23-25-46-44-36(31)21-19-28-8-7-24-45-43(28)44/h1-26H. The molecular formula is C44H26N4. The van der Waals surface area contributed by atoms with Crippen LogP contribution in [0.2, 0.25) is 0 Å². The molecule has 10 rings (SSSR count). The Labute approximate surface area is 276 Å². The van der Waals surface area contributed by atoms with Crippen LogP contribution < -0.4 is 0 Å². The monoisotopic (exact) mass is 610 g/mol. The summed E-state index contributed by atoms with van der Waals surface area (Å²) >= 11 is 0. The maximum Gasteiger partial charge on any atom is 0.0970 e. The number of fused-ring (bicyclic) bond motifs is 11. The molecule has 0 atom stereocenters. The van der Waals surface area contributed by atoms with Crippen molar-refractivity contribution in [3.8, 4) is 33.6 Å². The van der Waals surface area contributed by atoms with Gasteiger partial charge in [0.15, 0.2) is 0 Å². The number of benzene rings is 6. The molecule has 0 fully saturated rings. The maximum absolute atomic E-state index is 5.30. The van der Waals surface area contributed by atoms with Crippen molar-refractivity contribution in [2.75, 3.05) is 0 Å². The Balaban J connectivity index is 1.09. The minimum Gasteiger partial charge on any atom is -0.256 e. The van der Waals surface area contributed by atoms with Gasteiger partial charge in [0.1, 0.15) is 0 Å². The van der Waals surface area contributed by atoms with Crippen LogP contribution in [0.1, 0.15) is 0 Å². The summed E-state index contributed by atoms with van der Waals surface area (Å²) in [6, 6.07) is 49.2. The van der Waals surface area contributed by atoms with Gasteiger partial charge in [-0.3, -0.25) is 15.0 Å². The first-order chi connectivity index (χ1) is 23.8. The molecule has 6 aromatic carbocycles. The van der Waals surface area contributed by atoms with E-state index in [2.05, 4.69) is 143 Å². The Hall–Kier alpha value is -6.52. The average molecular weight is 611 g/mol. The Morgan fingerprint density at radius 1 is 0.375 bits per heavy atom. The summed E-state index contributed by atoms with van der Waals surface area (Å²) in [5, 5.41) is 10.7. The third-order valence-electron chi connectivity index (χ3n) is 9.59. The van der Waals surface area contributed by atoms with Crippen molar-refractivity contribution in [2.24, 2.45) is 0 Å². The third-order valence-corrected chi connectivity index (χ3v) is 9.59. The second-order valence-electron chi connectivity index (χ2n) is 12.2. The van der Waals surface area contributed by atoms with Crippen LogP contribution in [-0.2, 0) is 0 Å². The van der Waals surface area contributed by atoms with Gasteiger partial charge in [-0.2, -0.15) is 0 Å². The Kier molecular flexibility index (Phi) is 5.84. The maximum atomic E-state index is 5.30. The Morgan fingerprint density at radius 3 is 1.81 bits per heavy atom. The smallest absolute Gasteiger partial charge is 0.0970 e. The van der Waals surface area contributed by atoms with E-state index >= 15 is 0 Å². The van der Waals surface area contributed by atoms with Gasteiger partial charge >= 0.3 is 0 Å². The van der Waals surface area contributed by atoms with Crippen molar-refractivity contribution in [3.05, 3.63) is 158 Å². The van der Waals surface area contributed by atoms with E-state index in [-0.39, 0.29) is 0 Å². The molecule has 0 saturated carbocycles. The molecule has 4 aromatic heterocycles. The zero-order valence-corrected chi connectivity index (χ0v) is 25.8. The van der Waals surface area contributed by atoms with Gasteiger partial charge in [0.25, 0.3) is 0 Å². The second-order valence-corrected chi connectivity index (χ2v) is 12.2. The highest BCUT2D eigenvalue weighted by atomic mass is 14.7. The minimum absolute atomic E-state index is 0.904. The topological polar surface area (TPSA) is 51.6 Å². The first-order valence-electron chi connectivity index (χ1n) is 16.1. The molecule has 222 valence electrons. The summed E-state index contributed by atoms with van der Waals surface area (Å²) in [5.74, 6) is 0. The lowest BCUT2D eigenvalue weighted by atomic mass is 9.90. The summed E-state index contributed by atoms with van der Waals surface area (Å²) in [4.78, 5) is 19.5. The zero-order chi connectivity index (χ0) is 31.6. The molecule has 4 heteroatoms.